The van der Waals surface area contributed by atoms with Crippen molar-refractivity contribution in [1.29, 1.82) is 0 Å². The van der Waals surface area contributed by atoms with Gasteiger partial charge in [0.05, 0.1) is 29.8 Å². The van der Waals surface area contributed by atoms with E-state index in [0.717, 1.165) is 42.8 Å². The molecule has 4 atom stereocenters. The zero-order chi connectivity index (χ0) is 24.8. The van der Waals surface area contributed by atoms with Crippen LogP contribution in [0.3, 0.4) is 0 Å². The number of halogens is 1. The summed E-state index contributed by atoms with van der Waals surface area (Å²) in [7, 11) is 0. The lowest BCUT2D eigenvalue weighted by atomic mass is 9.82. The molecule has 1 saturated carbocycles. The molecular formula is C26H30ClN7O2. The molecule has 2 fully saturated rings. The Morgan fingerprint density at radius 2 is 1.83 bits per heavy atom. The molecule has 9 nitrogen and oxygen atoms in total. The largest absolute Gasteiger partial charge is 0.390 e. The maximum Gasteiger partial charge on any atom is 0.226 e. The summed E-state index contributed by atoms with van der Waals surface area (Å²) >= 11 is 6.21. The highest BCUT2D eigenvalue weighted by Crippen LogP contribution is 2.45. The summed E-state index contributed by atoms with van der Waals surface area (Å²) in [6, 6.07) is 11.7. The molecule has 0 bridgehead atoms. The zero-order valence-electron chi connectivity index (χ0n) is 19.8. The van der Waals surface area contributed by atoms with Crippen LogP contribution >= 0.6 is 11.6 Å². The highest BCUT2D eigenvalue weighted by molar-refractivity contribution is 6.29. The highest BCUT2D eigenvalue weighted by Gasteiger charge is 2.46. The van der Waals surface area contributed by atoms with Crippen molar-refractivity contribution in [1.82, 2.24) is 29.6 Å². The maximum atomic E-state index is 11.1. The standard InChI is InChI=1S/C26H30ClN7O2/c27-26-30-24(28)21-18(19-8-11-33(32-19)13-15-4-2-1-3-5-15)14-34(25(21)31-26)20-12-17(22(35)23(20)36)16-6-9-29-10-7-16/h1-5,8,11,14,16-17,20,22-23,29,35-36H,6-7,9-10,12-13H2,(H2,28,30,31)/t17-,20-,22-,23+/m1/s1. The molecule has 0 unspecified atom stereocenters. The molecule has 0 spiro atoms. The van der Waals surface area contributed by atoms with Crippen LogP contribution in [0.5, 0.6) is 0 Å². The predicted molar refractivity (Wildman–Crippen MR) is 138 cm³/mol. The molecule has 1 aliphatic carbocycles. The van der Waals surface area contributed by atoms with Crippen LogP contribution < -0.4 is 11.1 Å². The van der Waals surface area contributed by atoms with Crippen molar-refractivity contribution in [2.24, 2.45) is 11.8 Å². The van der Waals surface area contributed by atoms with Gasteiger partial charge in [0.15, 0.2) is 0 Å². The lowest BCUT2D eigenvalue weighted by Crippen LogP contribution is -2.37. The molecular weight excluding hydrogens is 478 g/mol. The average molecular weight is 508 g/mol. The molecule has 2 aliphatic rings. The van der Waals surface area contributed by atoms with Crippen molar-refractivity contribution in [3.8, 4) is 11.3 Å². The van der Waals surface area contributed by atoms with E-state index in [9.17, 15) is 10.2 Å². The highest BCUT2D eigenvalue weighted by atomic mass is 35.5. The summed E-state index contributed by atoms with van der Waals surface area (Å²) in [6.07, 6.45) is 4.79. The molecule has 10 heteroatoms. The summed E-state index contributed by atoms with van der Waals surface area (Å²) in [4.78, 5) is 8.69. The van der Waals surface area contributed by atoms with Crippen LogP contribution in [0.4, 0.5) is 5.82 Å². The Balaban J connectivity index is 1.38. The van der Waals surface area contributed by atoms with Crippen molar-refractivity contribution in [2.45, 2.75) is 44.1 Å². The van der Waals surface area contributed by atoms with Gasteiger partial charge in [-0.3, -0.25) is 4.68 Å². The Morgan fingerprint density at radius 3 is 2.61 bits per heavy atom. The first-order valence-corrected chi connectivity index (χ1v) is 12.9. The van der Waals surface area contributed by atoms with Gasteiger partial charge in [0, 0.05) is 18.0 Å². The summed E-state index contributed by atoms with van der Waals surface area (Å²) < 4.78 is 3.79. The minimum atomic E-state index is -0.918. The smallest absolute Gasteiger partial charge is 0.226 e. The Morgan fingerprint density at radius 1 is 1.06 bits per heavy atom. The Kier molecular flexibility index (Phi) is 6.17. The van der Waals surface area contributed by atoms with Gasteiger partial charge in [-0.25, -0.2) is 4.98 Å². The first kappa shape index (κ1) is 23.4. The molecule has 1 aromatic carbocycles. The van der Waals surface area contributed by atoms with Gasteiger partial charge in [0.25, 0.3) is 0 Å². The minimum absolute atomic E-state index is 0.0211. The summed E-state index contributed by atoms with van der Waals surface area (Å²) in [5, 5.41) is 31.0. The fraction of sp³-hybridized carbons (Fsp3) is 0.423. The number of aliphatic hydroxyl groups excluding tert-OH is 2. The van der Waals surface area contributed by atoms with E-state index in [1.807, 2.05) is 45.9 Å². The second-order valence-electron chi connectivity index (χ2n) is 9.95. The molecule has 36 heavy (non-hydrogen) atoms. The number of piperidine rings is 1. The van der Waals surface area contributed by atoms with E-state index >= 15 is 0 Å². The summed E-state index contributed by atoms with van der Waals surface area (Å²) in [5.41, 5.74) is 9.54. The van der Waals surface area contributed by atoms with Gasteiger partial charge in [-0.15, -0.1) is 0 Å². The molecule has 4 aromatic rings. The van der Waals surface area contributed by atoms with Crippen molar-refractivity contribution >= 4 is 28.5 Å². The van der Waals surface area contributed by atoms with Crippen LogP contribution in [0, 0.1) is 11.8 Å². The number of aromatic nitrogens is 5. The van der Waals surface area contributed by atoms with Crippen LogP contribution in [0.25, 0.3) is 22.3 Å². The van der Waals surface area contributed by atoms with Gasteiger partial charge in [0.2, 0.25) is 5.28 Å². The second kappa shape index (κ2) is 9.48. The van der Waals surface area contributed by atoms with Gasteiger partial charge >= 0.3 is 0 Å². The number of hydrogen-bond acceptors (Lipinski definition) is 7. The van der Waals surface area contributed by atoms with Crippen molar-refractivity contribution in [3.05, 3.63) is 59.6 Å². The molecule has 6 rings (SSSR count). The first-order chi connectivity index (χ1) is 17.5. The van der Waals surface area contributed by atoms with Gasteiger partial charge in [-0.1, -0.05) is 30.3 Å². The van der Waals surface area contributed by atoms with Crippen molar-refractivity contribution < 1.29 is 10.2 Å². The summed E-state index contributed by atoms with van der Waals surface area (Å²) in [5.74, 6) is 0.659. The zero-order valence-corrected chi connectivity index (χ0v) is 20.6. The van der Waals surface area contributed by atoms with E-state index in [0.29, 0.717) is 29.9 Å². The number of nitrogens with two attached hydrogens (primary N) is 1. The third-order valence-electron chi connectivity index (χ3n) is 7.82. The molecule has 0 radical (unpaired) electrons. The molecule has 4 heterocycles. The number of nitrogen functional groups attached to an aromatic ring is 1. The molecule has 3 aromatic heterocycles. The first-order valence-electron chi connectivity index (χ1n) is 12.5. The molecule has 5 N–H and O–H groups in total. The van der Waals surface area contributed by atoms with Crippen molar-refractivity contribution in [3.63, 3.8) is 0 Å². The lowest BCUT2D eigenvalue weighted by molar-refractivity contribution is -0.00767. The molecule has 1 saturated heterocycles. The van der Waals surface area contributed by atoms with Gasteiger partial charge in [-0.2, -0.15) is 10.1 Å². The summed E-state index contributed by atoms with van der Waals surface area (Å²) in [6.45, 7) is 2.52. The third kappa shape index (κ3) is 4.16. The van der Waals surface area contributed by atoms with E-state index in [4.69, 9.17) is 22.4 Å². The number of aliphatic hydroxyl groups is 2. The third-order valence-corrected chi connectivity index (χ3v) is 7.99. The quantitative estimate of drug-likeness (QED) is 0.306. The second-order valence-corrected chi connectivity index (χ2v) is 10.3. The fourth-order valence-corrected chi connectivity index (χ4v) is 6.19. The number of benzene rings is 1. The maximum absolute atomic E-state index is 11.1. The number of nitrogens with zero attached hydrogens (tertiary/aromatic N) is 5. The number of hydrogen-bond donors (Lipinski definition) is 4. The van der Waals surface area contributed by atoms with Crippen LogP contribution in [0.15, 0.2) is 48.8 Å². The van der Waals surface area contributed by atoms with Crippen LogP contribution in [-0.4, -0.2) is 59.8 Å². The van der Waals surface area contributed by atoms with E-state index in [2.05, 4.69) is 27.4 Å². The number of rotatable bonds is 5. The SMILES string of the molecule is Nc1nc(Cl)nc2c1c(-c1ccn(Cc3ccccc3)n1)cn2[C@@H]1C[C@H](C2CCNCC2)[C@@H](O)[C@H]1O. The van der Waals surface area contributed by atoms with E-state index < -0.39 is 12.2 Å². The van der Waals surface area contributed by atoms with Gasteiger partial charge in [-0.05, 0) is 67.4 Å². The predicted octanol–water partition coefficient (Wildman–Crippen LogP) is 2.86. The Bertz CT molecular complexity index is 1370. The monoisotopic (exact) mass is 507 g/mol. The topological polar surface area (TPSA) is 127 Å². The fourth-order valence-electron chi connectivity index (χ4n) is 6.02. The normalized spacial score (nSPS) is 25.1. The van der Waals surface area contributed by atoms with Crippen LogP contribution in [0.2, 0.25) is 5.28 Å². The number of anilines is 1. The van der Waals surface area contributed by atoms with Gasteiger partial charge < -0.3 is 25.8 Å². The Labute approximate surface area is 213 Å². The van der Waals surface area contributed by atoms with E-state index in [1.54, 1.807) is 0 Å². The molecule has 0 amide bonds. The van der Waals surface area contributed by atoms with E-state index in [1.165, 1.54) is 0 Å². The Hall–Kier alpha value is -2.98. The van der Waals surface area contributed by atoms with Crippen LogP contribution in [0.1, 0.15) is 30.9 Å². The number of nitrogens with one attached hydrogen (secondary N) is 1. The molecule has 188 valence electrons. The molecule has 1 aliphatic heterocycles. The number of fused-ring (bicyclic) bond motifs is 1. The average Bonchev–Trinajstić information content (AvgIpc) is 3.57. The van der Waals surface area contributed by atoms with Gasteiger partial charge in [0.1, 0.15) is 17.6 Å². The van der Waals surface area contributed by atoms with Crippen LogP contribution in [-0.2, 0) is 6.54 Å². The minimum Gasteiger partial charge on any atom is -0.390 e. The van der Waals surface area contributed by atoms with Crippen molar-refractivity contribution in [2.75, 3.05) is 18.8 Å². The lowest BCUT2D eigenvalue weighted by Gasteiger charge is -2.30. The van der Waals surface area contributed by atoms with E-state index in [-0.39, 0.29) is 23.1 Å².